The van der Waals surface area contributed by atoms with Crippen molar-refractivity contribution >= 4 is 22.4 Å². The van der Waals surface area contributed by atoms with Crippen molar-refractivity contribution in [3.8, 4) is 11.3 Å². The molecule has 1 aliphatic heterocycles. The summed E-state index contributed by atoms with van der Waals surface area (Å²) in [7, 11) is 0. The molecule has 1 saturated heterocycles. The first-order valence-electron chi connectivity index (χ1n) is 7.25. The maximum Gasteiger partial charge on any atom is 0.217 e. The van der Waals surface area contributed by atoms with Crippen molar-refractivity contribution in [2.75, 3.05) is 18.0 Å². The molecule has 1 atom stereocenters. The van der Waals surface area contributed by atoms with Crippen LogP contribution in [0.25, 0.3) is 11.3 Å². The third-order valence-electron chi connectivity index (χ3n) is 3.66. The van der Waals surface area contributed by atoms with Crippen molar-refractivity contribution in [2.45, 2.75) is 25.8 Å². The summed E-state index contributed by atoms with van der Waals surface area (Å²) in [6, 6.07) is 10.5. The number of nitrogens with one attached hydrogen (secondary N) is 1. The molecule has 2 aromatic rings. The lowest BCUT2D eigenvalue weighted by Crippen LogP contribution is -2.47. The summed E-state index contributed by atoms with van der Waals surface area (Å²) >= 11 is 1.67. The van der Waals surface area contributed by atoms with Gasteiger partial charge in [0.2, 0.25) is 5.91 Å². The summed E-state index contributed by atoms with van der Waals surface area (Å²) in [5, 5.41) is 6.17. The van der Waals surface area contributed by atoms with E-state index in [0.29, 0.717) is 0 Å². The van der Waals surface area contributed by atoms with Crippen LogP contribution in [0.3, 0.4) is 0 Å². The summed E-state index contributed by atoms with van der Waals surface area (Å²) in [6.07, 6.45) is 2.14. The second-order valence-corrected chi connectivity index (χ2v) is 6.20. The number of hydrogen-bond donors (Lipinski definition) is 1. The highest BCUT2D eigenvalue weighted by Gasteiger charge is 2.22. The summed E-state index contributed by atoms with van der Waals surface area (Å²) in [4.78, 5) is 18.2. The van der Waals surface area contributed by atoms with Crippen LogP contribution in [-0.2, 0) is 4.79 Å². The van der Waals surface area contributed by atoms with Gasteiger partial charge in [-0.25, -0.2) is 4.98 Å². The van der Waals surface area contributed by atoms with Gasteiger partial charge in [-0.15, -0.1) is 11.3 Å². The summed E-state index contributed by atoms with van der Waals surface area (Å²) in [5.74, 6) is 0.0472. The molecule has 1 aromatic carbocycles. The normalized spacial score (nSPS) is 18.5. The first-order chi connectivity index (χ1) is 10.2. The monoisotopic (exact) mass is 301 g/mol. The van der Waals surface area contributed by atoms with Crippen LogP contribution in [0.5, 0.6) is 0 Å². The van der Waals surface area contributed by atoms with E-state index in [-0.39, 0.29) is 11.9 Å². The Labute approximate surface area is 128 Å². The molecule has 1 N–H and O–H groups in total. The Kier molecular flexibility index (Phi) is 4.20. The molecule has 21 heavy (non-hydrogen) atoms. The number of hydrogen-bond acceptors (Lipinski definition) is 4. The Balaban J connectivity index is 1.72. The molecule has 2 heterocycles. The van der Waals surface area contributed by atoms with E-state index >= 15 is 0 Å². The molecule has 1 aromatic heterocycles. The van der Waals surface area contributed by atoms with Gasteiger partial charge in [0.1, 0.15) is 0 Å². The van der Waals surface area contributed by atoms with Gasteiger partial charge in [0.25, 0.3) is 0 Å². The number of rotatable bonds is 3. The summed E-state index contributed by atoms with van der Waals surface area (Å²) in [5.41, 5.74) is 2.17. The lowest BCUT2D eigenvalue weighted by molar-refractivity contribution is -0.119. The number of amides is 1. The van der Waals surface area contributed by atoms with Crippen LogP contribution < -0.4 is 10.2 Å². The molecule has 1 amide bonds. The zero-order chi connectivity index (χ0) is 14.7. The summed E-state index contributed by atoms with van der Waals surface area (Å²) in [6.45, 7) is 3.44. The largest absolute Gasteiger partial charge is 0.352 e. The number of carbonyl (C=O) groups is 1. The van der Waals surface area contributed by atoms with Gasteiger partial charge in [-0.2, -0.15) is 0 Å². The highest BCUT2D eigenvalue weighted by atomic mass is 32.1. The summed E-state index contributed by atoms with van der Waals surface area (Å²) < 4.78 is 0. The van der Waals surface area contributed by atoms with Gasteiger partial charge in [-0.1, -0.05) is 30.3 Å². The molecule has 0 bridgehead atoms. The molecule has 0 radical (unpaired) electrons. The zero-order valence-corrected chi connectivity index (χ0v) is 12.9. The van der Waals surface area contributed by atoms with E-state index in [9.17, 15) is 4.79 Å². The second-order valence-electron chi connectivity index (χ2n) is 5.37. The quantitative estimate of drug-likeness (QED) is 0.948. The van der Waals surface area contributed by atoms with Crippen molar-refractivity contribution < 1.29 is 4.79 Å². The van der Waals surface area contributed by atoms with E-state index in [1.807, 2.05) is 18.2 Å². The first-order valence-corrected chi connectivity index (χ1v) is 8.13. The smallest absolute Gasteiger partial charge is 0.217 e. The molecule has 5 heteroatoms. The molecule has 4 nitrogen and oxygen atoms in total. The fraction of sp³-hybridized carbons (Fsp3) is 0.375. The van der Waals surface area contributed by atoms with E-state index < -0.39 is 0 Å². The van der Waals surface area contributed by atoms with Crippen LogP contribution in [0.2, 0.25) is 0 Å². The number of nitrogens with zero attached hydrogens (tertiary/aromatic N) is 2. The minimum atomic E-state index is 0.0472. The Hall–Kier alpha value is -1.88. The Morgan fingerprint density at radius 3 is 2.95 bits per heavy atom. The van der Waals surface area contributed by atoms with Crippen molar-refractivity contribution in [1.29, 1.82) is 0 Å². The molecule has 0 aliphatic carbocycles. The molecule has 1 aliphatic rings. The van der Waals surface area contributed by atoms with Gasteiger partial charge in [0, 0.05) is 37.0 Å². The average Bonchev–Trinajstić information content (AvgIpc) is 2.98. The van der Waals surface area contributed by atoms with Gasteiger partial charge < -0.3 is 10.2 Å². The van der Waals surface area contributed by atoms with Crippen molar-refractivity contribution in [2.24, 2.45) is 0 Å². The third kappa shape index (κ3) is 3.42. The molecular weight excluding hydrogens is 282 g/mol. The van der Waals surface area contributed by atoms with Gasteiger partial charge in [0.05, 0.1) is 5.69 Å². The predicted octanol–water partition coefficient (Wildman–Crippen LogP) is 2.92. The topological polar surface area (TPSA) is 45.2 Å². The number of benzene rings is 1. The molecule has 1 fully saturated rings. The molecular formula is C16H19N3OS. The van der Waals surface area contributed by atoms with E-state index in [1.54, 1.807) is 18.3 Å². The predicted molar refractivity (Wildman–Crippen MR) is 86.6 cm³/mol. The SMILES string of the molecule is CC(=O)NC1CCCN(c2nc(-c3ccccc3)cs2)C1. The van der Waals surface area contributed by atoms with E-state index in [4.69, 9.17) is 4.98 Å². The molecule has 110 valence electrons. The Morgan fingerprint density at radius 2 is 2.19 bits per heavy atom. The van der Waals surface area contributed by atoms with Gasteiger partial charge in [-0.3, -0.25) is 4.79 Å². The molecule has 0 saturated carbocycles. The Bertz CT molecular complexity index is 611. The maximum absolute atomic E-state index is 11.2. The number of thiazole rings is 1. The van der Waals surface area contributed by atoms with Crippen LogP contribution in [0, 0.1) is 0 Å². The van der Waals surface area contributed by atoms with Crippen LogP contribution in [0.1, 0.15) is 19.8 Å². The number of anilines is 1. The minimum absolute atomic E-state index is 0.0472. The number of aromatic nitrogens is 1. The van der Waals surface area contributed by atoms with Gasteiger partial charge in [-0.05, 0) is 12.8 Å². The number of piperidine rings is 1. The maximum atomic E-state index is 11.2. The average molecular weight is 301 g/mol. The second kappa shape index (κ2) is 6.26. The number of carbonyl (C=O) groups excluding carboxylic acids is 1. The lowest BCUT2D eigenvalue weighted by atomic mass is 10.1. The molecule has 3 rings (SSSR count). The third-order valence-corrected chi connectivity index (χ3v) is 4.56. The van der Waals surface area contributed by atoms with Crippen molar-refractivity contribution in [1.82, 2.24) is 10.3 Å². The fourth-order valence-electron chi connectivity index (χ4n) is 2.71. The standard InChI is InChI=1S/C16H19N3OS/c1-12(20)17-14-8-5-9-19(10-14)16-18-15(11-21-16)13-6-3-2-4-7-13/h2-4,6-7,11,14H,5,8-10H2,1H3,(H,17,20). The fourth-order valence-corrected chi connectivity index (χ4v) is 3.58. The highest BCUT2D eigenvalue weighted by Crippen LogP contribution is 2.29. The molecule has 1 unspecified atom stereocenters. The van der Waals surface area contributed by atoms with E-state index in [1.165, 1.54) is 0 Å². The van der Waals surface area contributed by atoms with E-state index in [2.05, 4.69) is 27.7 Å². The molecule has 0 spiro atoms. The first kappa shape index (κ1) is 14.1. The van der Waals surface area contributed by atoms with Crippen LogP contribution in [0.4, 0.5) is 5.13 Å². The van der Waals surface area contributed by atoms with Gasteiger partial charge in [0.15, 0.2) is 5.13 Å². The van der Waals surface area contributed by atoms with Crippen LogP contribution in [0.15, 0.2) is 35.7 Å². The van der Waals surface area contributed by atoms with E-state index in [0.717, 1.165) is 42.3 Å². The highest BCUT2D eigenvalue weighted by molar-refractivity contribution is 7.14. The van der Waals surface area contributed by atoms with Gasteiger partial charge >= 0.3 is 0 Å². The van der Waals surface area contributed by atoms with Crippen molar-refractivity contribution in [3.63, 3.8) is 0 Å². The minimum Gasteiger partial charge on any atom is -0.352 e. The zero-order valence-electron chi connectivity index (χ0n) is 12.1. The Morgan fingerprint density at radius 1 is 1.38 bits per heavy atom. The van der Waals surface area contributed by atoms with Crippen LogP contribution >= 0.6 is 11.3 Å². The lowest BCUT2D eigenvalue weighted by Gasteiger charge is -2.32. The van der Waals surface area contributed by atoms with Crippen LogP contribution in [-0.4, -0.2) is 30.0 Å². The van der Waals surface area contributed by atoms with Crippen molar-refractivity contribution in [3.05, 3.63) is 35.7 Å².